The zero-order valence-electron chi connectivity index (χ0n) is 16.0. The Labute approximate surface area is 164 Å². The average molecular weight is 384 g/mol. The van der Waals surface area contributed by atoms with Crippen LogP contribution in [0, 0.1) is 0 Å². The normalized spacial score (nSPS) is 10.5. The molecule has 0 aliphatic heterocycles. The van der Waals surface area contributed by atoms with Gasteiger partial charge in [0.2, 0.25) is 5.91 Å². The number of rotatable bonds is 10. The molecular weight excluding hydrogens is 360 g/mol. The van der Waals surface area contributed by atoms with Gasteiger partial charge in [0, 0.05) is 0 Å². The molecule has 7 heteroatoms. The molecule has 2 aromatic carbocycles. The molecule has 0 radical (unpaired) electrons. The molecule has 0 unspecified atom stereocenters. The molecule has 0 saturated heterocycles. The average Bonchev–Trinajstić information content (AvgIpc) is 2.69. The molecule has 0 saturated carbocycles. The van der Waals surface area contributed by atoms with Gasteiger partial charge in [-0.1, -0.05) is 24.3 Å². The largest absolute Gasteiger partial charge is 0.494 e. The number of ether oxygens (including phenoxy) is 3. The maximum Gasteiger partial charge on any atom is 0.344 e. The lowest BCUT2D eigenvalue weighted by molar-refractivity contribution is -0.145. The smallest absolute Gasteiger partial charge is 0.344 e. The van der Waals surface area contributed by atoms with Crippen molar-refractivity contribution < 1.29 is 23.8 Å². The molecule has 2 rings (SSSR count). The van der Waals surface area contributed by atoms with Gasteiger partial charge in [-0.15, -0.1) is 0 Å². The highest BCUT2D eigenvalue weighted by molar-refractivity contribution is 5.83. The molecular formula is C21H24N2O5. The molecule has 0 aliphatic rings. The van der Waals surface area contributed by atoms with E-state index >= 15 is 0 Å². The number of nitrogens with zero attached hydrogens (tertiary/aromatic N) is 1. The Morgan fingerprint density at radius 3 is 2.50 bits per heavy atom. The number of benzene rings is 2. The van der Waals surface area contributed by atoms with Crippen LogP contribution in [-0.2, 0) is 20.7 Å². The summed E-state index contributed by atoms with van der Waals surface area (Å²) in [5.74, 6) is 0.630. The predicted octanol–water partition coefficient (Wildman–Crippen LogP) is 2.72. The van der Waals surface area contributed by atoms with E-state index < -0.39 is 5.97 Å². The Bertz CT molecular complexity index is 803. The summed E-state index contributed by atoms with van der Waals surface area (Å²) in [6.45, 7) is 4.41. The topological polar surface area (TPSA) is 86.2 Å². The highest BCUT2D eigenvalue weighted by Crippen LogP contribution is 2.13. The van der Waals surface area contributed by atoms with Crippen LogP contribution in [0.5, 0.6) is 11.5 Å². The minimum absolute atomic E-state index is 0.159. The zero-order valence-corrected chi connectivity index (χ0v) is 16.0. The Morgan fingerprint density at radius 1 is 1.00 bits per heavy atom. The van der Waals surface area contributed by atoms with Crippen molar-refractivity contribution in [1.82, 2.24) is 5.43 Å². The van der Waals surface area contributed by atoms with Crippen LogP contribution < -0.4 is 14.9 Å². The zero-order chi connectivity index (χ0) is 20.2. The summed E-state index contributed by atoms with van der Waals surface area (Å²) in [6.07, 6.45) is 1.72. The monoisotopic (exact) mass is 384 g/mol. The van der Waals surface area contributed by atoms with Gasteiger partial charge in [0.05, 0.1) is 25.8 Å². The van der Waals surface area contributed by atoms with Crippen molar-refractivity contribution in [3.8, 4) is 11.5 Å². The van der Waals surface area contributed by atoms with Gasteiger partial charge in [0.15, 0.2) is 6.61 Å². The second-order valence-corrected chi connectivity index (χ2v) is 5.71. The summed E-state index contributed by atoms with van der Waals surface area (Å²) in [4.78, 5) is 23.3. The second-order valence-electron chi connectivity index (χ2n) is 5.71. The molecule has 0 fully saturated rings. The molecule has 0 spiro atoms. The number of hydrogen-bond donors (Lipinski definition) is 1. The maximum absolute atomic E-state index is 12.0. The first-order valence-electron chi connectivity index (χ1n) is 9.02. The fourth-order valence-corrected chi connectivity index (χ4v) is 2.30. The van der Waals surface area contributed by atoms with Gasteiger partial charge in [0.1, 0.15) is 11.5 Å². The number of esters is 1. The number of carbonyl (C=O) groups is 2. The van der Waals surface area contributed by atoms with Crippen molar-refractivity contribution >= 4 is 18.1 Å². The first-order chi connectivity index (χ1) is 13.6. The van der Waals surface area contributed by atoms with E-state index in [1.54, 1.807) is 31.2 Å². The van der Waals surface area contributed by atoms with Crippen molar-refractivity contribution in [2.24, 2.45) is 5.10 Å². The Kier molecular flexibility index (Phi) is 8.52. The first kappa shape index (κ1) is 21.0. The van der Waals surface area contributed by atoms with Crippen molar-refractivity contribution in [2.75, 3.05) is 19.8 Å². The lowest BCUT2D eigenvalue weighted by Crippen LogP contribution is -2.19. The van der Waals surface area contributed by atoms with E-state index in [1.807, 2.05) is 31.2 Å². The standard InChI is InChI=1S/C21H24N2O5/c1-3-26-18-10-8-16(9-11-18)13-20(24)23-22-14-17-6-5-7-19(12-17)28-15-21(25)27-4-2/h5-12,14H,3-4,13,15H2,1-2H3,(H,23,24)/b22-14-. The molecule has 7 nitrogen and oxygen atoms in total. The molecule has 1 N–H and O–H groups in total. The van der Waals surface area contributed by atoms with E-state index in [4.69, 9.17) is 14.2 Å². The fraction of sp³-hybridized carbons (Fsp3) is 0.286. The van der Waals surface area contributed by atoms with E-state index in [-0.39, 0.29) is 18.9 Å². The lowest BCUT2D eigenvalue weighted by atomic mass is 10.1. The lowest BCUT2D eigenvalue weighted by Gasteiger charge is -2.06. The third-order valence-electron chi connectivity index (χ3n) is 3.52. The van der Waals surface area contributed by atoms with Gasteiger partial charge in [0.25, 0.3) is 0 Å². The summed E-state index contributed by atoms with van der Waals surface area (Å²) >= 11 is 0. The minimum atomic E-state index is -0.428. The third kappa shape index (κ3) is 7.49. The molecule has 0 aromatic heterocycles. The van der Waals surface area contributed by atoms with Crippen LogP contribution in [-0.4, -0.2) is 37.9 Å². The second kappa shape index (κ2) is 11.4. The van der Waals surface area contributed by atoms with Gasteiger partial charge >= 0.3 is 5.97 Å². The molecule has 1 amide bonds. The number of amides is 1. The quantitative estimate of drug-likeness (QED) is 0.387. The van der Waals surface area contributed by atoms with Crippen LogP contribution in [0.3, 0.4) is 0 Å². The Balaban J connectivity index is 1.82. The summed E-state index contributed by atoms with van der Waals surface area (Å²) in [5, 5.41) is 3.95. The van der Waals surface area contributed by atoms with Crippen molar-refractivity contribution in [3.05, 3.63) is 59.7 Å². The van der Waals surface area contributed by atoms with Gasteiger partial charge in [-0.2, -0.15) is 5.10 Å². The van der Waals surface area contributed by atoms with E-state index in [0.29, 0.717) is 19.0 Å². The SMILES string of the molecule is CCOC(=O)COc1cccc(/C=N\NC(=O)Cc2ccc(OCC)cc2)c1. The van der Waals surface area contributed by atoms with Crippen LogP contribution in [0.4, 0.5) is 0 Å². The number of carbonyl (C=O) groups excluding carboxylic acids is 2. The molecule has 0 aliphatic carbocycles. The highest BCUT2D eigenvalue weighted by Gasteiger charge is 2.04. The summed E-state index contributed by atoms with van der Waals surface area (Å²) in [5.41, 5.74) is 4.08. The molecule has 0 heterocycles. The van der Waals surface area contributed by atoms with E-state index in [2.05, 4.69) is 10.5 Å². The van der Waals surface area contributed by atoms with Crippen LogP contribution in [0.1, 0.15) is 25.0 Å². The Morgan fingerprint density at radius 2 is 1.79 bits per heavy atom. The van der Waals surface area contributed by atoms with E-state index in [0.717, 1.165) is 16.9 Å². The molecule has 28 heavy (non-hydrogen) atoms. The van der Waals surface area contributed by atoms with Crippen LogP contribution >= 0.6 is 0 Å². The summed E-state index contributed by atoms with van der Waals surface area (Å²) in [7, 11) is 0. The Hall–Kier alpha value is -3.35. The van der Waals surface area contributed by atoms with Gasteiger partial charge in [-0.25, -0.2) is 10.2 Å². The number of nitrogens with one attached hydrogen (secondary N) is 1. The van der Waals surface area contributed by atoms with Gasteiger partial charge in [-0.3, -0.25) is 4.79 Å². The van der Waals surface area contributed by atoms with E-state index in [1.165, 1.54) is 6.21 Å². The van der Waals surface area contributed by atoms with E-state index in [9.17, 15) is 9.59 Å². The molecule has 0 atom stereocenters. The number of hydrazone groups is 1. The van der Waals surface area contributed by atoms with Crippen LogP contribution in [0.2, 0.25) is 0 Å². The van der Waals surface area contributed by atoms with Crippen molar-refractivity contribution in [3.63, 3.8) is 0 Å². The van der Waals surface area contributed by atoms with Crippen molar-refractivity contribution in [1.29, 1.82) is 0 Å². The highest BCUT2D eigenvalue weighted by atomic mass is 16.6. The minimum Gasteiger partial charge on any atom is -0.494 e. The number of hydrogen-bond acceptors (Lipinski definition) is 6. The summed E-state index contributed by atoms with van der Waals surface area (Å²) < 4.78 is 15.5. The molecule has 148 valence electrons. The van der Waals surface area contributed by atoms with Gasteiger partial charge < -0.3 is 14.2 Å². The third-order valence-corrected chi connectivity index (χ3v) is 3.52. The van der Waals surface area contributed by atoms with Crippen LogP contribution in [0.15, 0.2) is 53.6 Å². The summed E-state index contributed by atoms with van der Waals surface area (Å²) in [6, 6.07) is 14.4. The first-order valence-corrected chi connectivity index (χ1v) is 9.02. The maximum atomic E-state index is 12.0. The molecule has 0 bridgehead atoms. The molecule has 2 aromatic rings. The predicted molar refractivity (Wildman–Crippen MR) is 106 cm³/mol. The van der Waals surface area contributed by atoms with Crippen LogP contribution in [0.25, 0.3) is 0 Å². The fourth-order valence-electron chi connectivity index (χ4n) is 2.30. The van der Waals surface area contributed by atoms with Gasteiger partial charge in [-0.05, 0) is 49.2 Å². The van der Waals surface area contributed by atoms with Crippen molar-refractivity contribution in [2.45, 2.75) is 20.3 Å².